The molecule has 2 atom stereocenters. The van der Waals surface area contributed by atoms with Crippen LogP contribution in [0.1, 0.15) is 11.4 Å². The van der Waals surface area contributed by atoms with Crippen LogP contribution in [0.4, 0.5) is 16.0 Å². The third-order valence-corrected chi connectivity index (χ3v) is 8.95. The summed E-state index contributed by atoms with van der Waals surface area (Å²) in [6.07, 6.45) is 3.32. The minimum Gasteiger partial charge on any atom is -0.383 e. The second kappa shape index (κ2) is 11.3. The van der Waals surface area contributed by atoms with Crippen molar-refractivity contribution in [1.29, 1.82) is 5.26 Å². The van der Waals surface area contributed by atoms with Crippen LogP contribution in [0.5, 0.6) is 0 Å². The first kappa shape index (κ1) is 27.8. The van der Waals surface area contributed by atoms with Crippen LogP contribution in [0.3, 0.4) is 0 Å². The van der Waals surface area contributed by atoms with E-state index >= 15 is 0 Å². The molecular formula is C35H29FN10. The summed E-state index contributed by atoms with van der Waals surface area (Å²) in [5.41, 5.74) is 12.1. The smallest absolute Gasteiger partial charge is 0.234 e. The summed E-state index contributed by atoms with van der Waals surface area (Å²) in [6.45, 7) is 4.77. The molecule has 46 heavy (non-hydrogen) atoms. The van der Waals surface area contributed by atoms with Crippen LogP contribution < -0.4 is 10.6 Å². The summed E-state index contributed by atoms with van der Waals surface area (Å²) in [6, 6.07) is 26.3. The molecule has 2 N–H and O–H groups in total. The van der Waals surface area contributed by atoms with E-state index in [1.54, 1.807) is 24.5 Å². The third kappa shape index (κ3) is 5.08. The molecular weight excluding hydrogens is 579 g/mol. The van der Waals surface area contributed by atoms with Crippen molar-refractivity contribution < 1.29 is 4.39 Å². The van der Waals surface area contributed by atoms with Gasteiger partial charge in [0.1, 0.15) is 29.0 Å². The quantitative estimate of drug-likeness (QED) is 0.275. The predicted octanol–water partition coefficient (Wildman–Crippen LogP) is 5.10. The van der Waals surface area contributed by atoms with Crippen molar-refractivity contribution in [3.63, 3.8) is 0 Å². The number of halogens is 1. The van der Waals surface area contributed by atoms with Crippen LogP contribution in [-0.4, -0.2) is 60.6 Å². The highest BCUT2D eigenvalue weighted by Gasteiger charge is 2.40. The van der Waals surface area contributed by atoms with E-state index in [0.717, 1.165) is 66.6 Å². The van der Waals surface area contributed by atoms with Crippen molar-refractivity contribution >= 4 is 22.8 Å². The highest BCUT2D eigenvalue weighted by molar-refractivity contribution is 5.84. The van der Waals surface area contributed by atoms with E-state index in [4.69, 9.17) is 15.7 Å². The van der Waals surface area contributed by atoms with Gasteiger partial charge >= 0.3 is 0 Å². The maximum Gasteiger partial charge on any atom is 0.234 e. The lowest BCUT2D eigenvalue weighted by Gasteiger charge is -2.22. The molecule has 2 aliphatic heterocycles. The first-order valence-electron chi connectivity index (χ1n) is 15.2. The zero-order valence-electron chi connectivity index (χ0n) is 24.8. The normalized spacial score (nSPS) is 17.8. The molecule has 2 fully saturated rings. The Balaban J connectivity index is 1.05. The minimum absolute atomic E-state index is 0.212. The summed E-state index contributed by atoms with van der Waals surface area (Å²) in [5.74, 6) is 2.92. The largest absolute Gasteiger partial charge is 0.383 e. The number of nitrogens with zero attached hydrogens (tertiary/aromatic N) is 9. The Kier molecular flexibility index (Phi) is 6.84. The Morgan fingerprint density at radius 1 is 0.826 bits per heavy atom. The molecule has 4 aromatic heterocycles. The molecule has 0 saturated carbocycles. The lowest BCUT2D eigenvalue weighted by atomic mass is 10.0. The molecule has 6 aromatic rings. The van der Waals surface area contributed by atoms with E-state index in [-0.39, 0.29) is 11.6 Å². The van der Waals surface area contributed by atoms with E-state index in [2.05, 4.69) is 49.0 Å². The van der Waals surface area contributed by atoms with Crippen molar-refractivity contribution in [2.24, 2.45) is 11.8 Å². The molecule has 11 heteroatoms. The fourth-order valence-electron chi connectivity index (χ4n) is 6.76. The molecule has 2 aromatic carbocycles. The summed E-state index contributed by atoms with van der Waals surface area (Å²) >= 11 is 0. The number of nitrogens with two attached hydrogens (primary N) is 1. The summed E-state index contributed by atoms with van der Waals surface area (Å²) in [7, 11) is 0. The molecule has 8 rings (SSSR count). The first-order chi connectivity index (χ1) is 22.5. The molecule has 0 aliphatic carbocycles. The van der Waals surface area contributed by atoms with Gasteiger partial charge in [0.25, 0.3) is 0 Å². The number of likely N-dealkylation sites (tertiary alicyclic amines) is 1. The average molecular weight is 609 g/mol. The number of nitriles is 1. The van der Waals surface area contributed by atoms with Gasteiger partial charge < -0.3 is 10.6 Å². The highest BCUT2D eigenvalue weighted by Crippen LogP contribution is 2.35. The number of pyridine rings is 2. The first-order valence-corrected chi connectivity index (χ1v) is 15.2. The number of anilines is 2. The van der Waals surface area contributed by atoms with E-state index in [0.29, 0.717) is 29.1 Å². The van der Waals surface area contributed by atoms with Crippen molar-refractivity contribution in [2.45, 2.75) is 6.54 Å². The molecule has 226 valence electrons. The van der Waals surface area contributed by atoms with Crippen molar-refractivity contribution in [3.05, 3.63) is 108 Å². The van der Waals surface area contributed by atoms with Gasteiger partial charge in [-0.3, -0.25) is 9.47 Å². The SMILES string of the molecule is N#Cc1nccc(N2C[C@@H]3CN(Cc4ccc(-n5c(-c6cccnc6N)nc6ccc(-c7ccc(F)cc7)nc65)cc4)C[C@H]3C2)n1. The zero-order valence-corrected chi connectivity index (χ0v) is 24.8. The number of rotatable bonds is 6. The monoisotopic (exact) mass is 608 g/mol. The topological polar surface area (TPSA) is 126 Å². The highest BCUT2D eigenvalue weighted by atomic mass is 19.1. The molecule has 0 spiro atoms. The number of hydrogen-bond acceptors (Lipinski definition) is 9. The van der Waals surface area contributed by atoms with Gasteiger partial charge in [-0.15, -0.1) is 0 Å². The Labute approximate surface area is 264 Å². The van der Waals surface area contributed by atoms with E-state index in [9.17, 15) is 9.65 Å². The predicted molar refractivity (Wildman–Crippen MR) is 173 cm³/mol. The molecule has 0 bridgehead atoms. The molecule has 2 saturated heterocycles. The molecule has 10 nitrogen and oxygen atoms in total. The van der Waals surface area contributed by atoms with Crippen LogP contribution >= 0.6 is 0 Å². The second-order valence-corrected chi connectivity index (χ2v) is 11.9. The molecule has 0 amide bonds. The lowest BCUT2D eigenvalue weighted by molar-refractivity contribution is 0.309. The van der Waals surface area contributed by atoms with Crippen molar-refractivity contribution in [2.75, 3.05) is 36.8 Å². The third-order valence-electron chi connectivity index (χ3n) is 8.95. The van der Waals surface area contributed by atoms with E-state index in [1.165, 1.54) is 17.7 Å². The molecule has 6 heterocycles. The van der Waals surface area contributed by atoms with E-state index in [1.807, 2.05) is 41.0 Å². The van der Waals surface area contributed by atoms with E-state index < -0.39 is 0 Å². The Morgan fingerprint density at radius 2 is 1.61 bits per heavy atom. The maximum absolute atomic E-state index is 13.6. The van der Waals surface area contributed by atoms with Gasteiger partial charge in [0, 0.05) is 56.4 Å². The van der Waals surface area contributed by atoms with Gasteiger partial charge in [0.2, 0.25) is 5.82 Å². The number of nitrogen functional groups attached to an aromatic ring is 1. The van der Waals surface area contributed by atoms with Crippen LogP contribution in [0, 0.1) is 29.0 Å². The van der Waals surface area contributed by atoms with Crippen LogP contribution in [0.25, 0.3) is 39.5 Å². The number of benzene rings is 2. The van der Waals surface area contributed by atoms with Gasteiger partial charge in [0.15, 0.2) is 11.5 Å². The standard InChI is InChI=1S/C35H29FN10/c36-26-7-5-23(6-8-26)29-11-12-30-35(41-29)46(34(42-30)28-2-1-14-40-33(28)38)27-9-3-22(4-10-27)17-44-18-24-20-45(21-25(24)19-44)32-13-15-39-31(16-37)43-32/h1-15,24-25H,17-21H2,(H2,38,40)/t24-,25-/m0/s1. The second-order valence-electron chi connectivity index (χ2n) is 11.9. The van der Waals surface area contributed by atoms with Crippen molar-refractivity contribution in [3.8, 4) is 34.4 Å². The lowest BCUT2D eigenvalue weighted by Crippen LogP contribution is -2.29. The van der Waals surface area contributed by atoms with Gasteiger partial charge in [0.05, 0.1) is 11.3 Å². The molecule has 0 unspecified atom stereocenters. The number of aromatic nitrogens is 6. The van der Waals surface area contributed by atoms with Crippen molar-refractivity contribution in [1.82, 2.24) is 34.4 Å². The number of hydrogen-bond donors (Lipinski definition) is 1. The summed E-state index contributed by atoms with van der Waals surface area (Å²) in [4.78, 5) is 27.4. The number of imidazole rings is 1. The Hall–Kier alpha value is -5.73. The number of fused-ring (bicyclic) bond motifs is 2. The fraction of sp³-hybridized carbons (Fsp3) is 0.200. The van der Waals surface area contributed by atoms with Crippen LogP contribution in [0.2, 0.25) is 0 Å². The summed E-state index contributed by atoms with van der Waals surface area (Å²) < 4.78 is 15.6. The van der Waals surface area contributed by atoms with Gasteiger partial charge in [-0.05, 0) is 84.1 Å². The van der Waals surface area contributed by atoms with Crippen LogP contribution in [-0.2, 0) is 6.54 Å². The molecule has 2 aliphatic rings. The Morgan fingerprint density at radius 3 is 2.35 bits per heavy atom. The van der Waals surface area contributed by atoms with Gasteiger partial charge in [-0.2, -0.15) is 5.26 Å². The Bertz CT molecular complexity index is 2090. The summed E-state index contributed by atoms with van der Waals surface area (Å²) in [5, 5.41) is 9.17. The average Bonchev–Trinajstić information content (AvgIpc) is 3.77. The minimum atomic E-state index is -0.291. The van der Waals surface area contributed by atoms with Crippen LogP contribution in [0.15, 0.2) is 91.3 Å². The maximum atomic E-state index is 13.6. The molecule has 0 radical (unpaired) electrons. The van der Waals surface area contributed by atoms with Gasteiger partial charge in [-0.1, -0.05) is 12.1 Å². The fourth-order valence-corrected chi connectivity index (χ4v) is 6.76. The zero-order chi connectivity index (χ0) is 31.2. The van der Waals surface area contributed by atoms with Gasteiger partial charge in [-0.25, -0.2) is 29.3 Å².